The van der Waals surface area contributed by atoms with Crippen LogP contribution >= 0.6 is 11.3 Å². The molecule has 0 bridgehead atoms. The number of amides is 1. The van der Waals surface area contributed by atoms with Crippen LogP contribution in [0.2, 0.25) is 0 Å². The van der Waals surface area contributed by atoms with Crippen LogP contribution in [0.4, 0.5) is 5.69 Å². The number of hydrogen-bond acceptors (Lipinski definition) is 4. The van der Waals surface area contributed by atoms with Gasteiger partial charge in [-0.3, -0.25) is 9.78 Å². The van der Waals surface area contributed by atoms with Crippen molar-refractivity contribution in [3.05, 3.63) is 64.9 Å². The fourth-order valence-corrected chi connectivity index (χ4v) is 4.21. The number of thiazole rings is 1. The Balaban J connectivity index is 1.72. The quantitative estimate of drug-likeness (QED) is 0.708. The highest BCUT2D eigenvalue weighted by Crippen LogP contribution is 2.35. The Morgan fingerprint density at radius 2 is 1.96 bits per heavy atom. The van der Waals surface area contributed by atoms with Crippen molar-refractivity contribution in [3.63, 3.8) is 0 Å². The minimum absolute atomic E-state index is 0.0442. The molecule has 5 heteroatoms. The van der Waals surface area contributed by atoms with E-state index in [9.17, 15) is 4.79 Å². The molecule has 0 saturated heterocycles. The molecule has 1 atom stereocenters. The van der Waals surface area contributed by atoms with Crippen LogP contribution in [0.5, 0.6) is 0 Å². The fourth-order valence-electron chi connectivity index (χ4n) is 3.20. The maximum Gasteiger partial charge on any atom is 0.270 e. The fraction of sp³-hybridized carbons (Fsp3) is 0.211. The summed E-state index contributed by atoms with van der Waals surface area (Å²) in [5.41, 5.74) is 4.03. The summed E-state index contributed by atoms with van der Waals surface area (Å²) in [4.78, 5) is 24.4. The van der Waals surface area contributed by atoms with Gasteiger partial charge in [-0.2, -0.15) is 0 Å². The monoisotopic (exact) mass is 335 g/mol. The van der Waals surface area contributed by atoms with Crippen LogP contribution in [0.15, 0.2) is 48.8 Å². The zero-order valence-electron chi connectivity index (χ0n) is 13.6. The topological polar surface area (TPSA) is 46.1 Å². The van der Waals surface area contributed by atoms with Crippen molar-refractivity contribution in [2.24, 2.45) is 0 Å². The first-order valence-corrected chi connectivity index (χ1v) is 8.76. The lowest BCUT2D eigenvalue weighted by Crippen LogP contribution is -2.35. The third kappa shape index (κ3) is 2.41. The second-order valence-corrected chi connectivity index (χ2v) is 7.03. The molecule has 1 aliphatic rings. The lowest BCUT2D eigenvalue weighted by atomic mass is 10.1. The van der Waals surface area contributed by atoms with Crippen molar-refractivity contribution in [2.45, 2.75) is 26.3 Å². The minimum atomic E-state index is 0.0442. The number of carbonyl (C=O) groups excluding carboxylic acids is 1. The number of fused-ring (bicyclic) bond motifs is 1. The second-order valence-electron chi connectivity index (χ2n) is 6.03. The van der Waals surface area contributed by atoms with E-state index in [1.807, 2.05) is 42.2 Å². The molecule has 1 unspecified atom stereocenters. The minimum Gasteiger partial charge on any atom is -0.304 e. The van der Waals surface area contributed by atoms with Gasteiger partial charge in [0.15, 0.2) is 0 Å². The van der Waals surface area contributed by atoms with E-state index in [2.05, 4.69) is 23.0 Å². The molecule has 0 radical (unpaired) electrons. The van der Waals surface area contributed by atoms with E-state index >= 15 is 0 Å². The number of aromatic nitrogens is 2. The van der Waals surface area contributed by atoms with Gasteiger partial charge in [0, 0.05) is 29.7 Å². The highest BCUT2D eigenvalue weighted by atomic mass is 32.1. The summed E-state index contributed by atoms with van der Waals surface area (Å²) in [6, 6.07) is 12.1. The molecule has 120 valence electrons. The molecule has 1 aliphatic heterocycles. The van der Waals surface area contributed by atoms with Crippen molar-refractivity contribution in [1.29, 1.82) is 0 Å². The zero-order valence-corrected chi connectivity index (χ0v) is 14.4. The van der Waals surface area contributed by atoms with Crippen LogP contribution in [-0.4, -0.2) is 21.9 Å². The summed E-state index contributed by atoms with van der Waals surface area (Å²) in [6.07, 6.45) is 4.38. The number of nitrogens with zero attached hydrogens (tertiary/aromatic N) is 3. The molecule has 4 rings (SSSR count). The van der Waals surface area contributed by atoms with E-state index in [0.717, 1.165) is 28.4 Å². The van der Waals surface area contributed by atoms with Crippen LogP contribution in [0, 0.1) is 6.92 Å². The summed E-state index contributed by atoms with van der Waals surface area (Å²) < 4.78 is 0. The van der Waals surface area contributed by atoms with Gasteiger partial charge >= 0.3 is 0 Å². The Labute approximate surface area is 144 Å². The standard InChI is InChI=1S/C19H17N3OS/c1-12-11-15-5-3-4-6-16(15)22(12)19(23)17-13(2)21-18(24-17)14-7-9-20-10-8-14/h3-10,12H,11H2,1-2H3. The Morgan fingerprint density at radius 1 is 1.21 bits per heavy atom. The molecule has 24 heavy (non-hydrogen) atoms. The first-order chi connectivity index (χ1) is 11.6. The third-order valence-corrected chi connectivity index (χ3v) is 5.54. The number of hydrogen-bond donors (Lipinski definition) is 0. The summed E-state index contributed by atoms with van der Waals surface area (Å²) in [6.45, 7) is 4.00. The lowest BCUT2D eigenvalue weighted by Gasteiger charge is -2.22. The van der Waals surface area contributed by atoms with Crippen LogP contribution in [0.25, 0.3) is 10.6 Å². The predicted octanol–water partition coefficient (Wildman–Crippen LogP) is 4.10. The zero-order chi connectivity index (χ0) is 16.7. The second kappa shape index (κ2) is 5.83. The predicted molar refractivity (Wildman–Crippen MR) is 96.5 cm³/mol. The summed E-state index contributed by atoms with van der Waals surface area (Å²) >= 11 is 1.45. The number of aryl methyl sites for hydroxylation is 1. The molecule has 3 heterocycles. The van der Waals surface area contributed by atoms with Gasteiger partial charge in [-0.1, -0.05) is 18.2 Å². The van der Waals surface area contributed by atoms with Gasteiger partial charge in [-0.05, 0) is 44.0 Å². The maximum atomic E-state index is 13.2. The number of carbonyl (C=O) groups is 1. The average Bonchev–Trinajstić information content (AvgIpc) is 3.14. The van der Waals surface area contributed by atoms with E-state index < -0.39 is 0 Å². The third-order valence-electron chi connectivity index (χ3n) is 4.34. The first-order valence-electron chi connectivity index (χ1n) is 7.94. The van der Waals surface area contributed by atoms with Gasteiger partial charge in [-0.15, -0.1) is 11.3 Å². The smallest absolute Gasteiger partial charge is 0.270 e. The number of anilines is 1. The average molecular weight is 335 g/mol. The highest BCUT2D eigenvalue weighted by Gasteiger charge is 2.33. The van der Waals surface area contributed by atoms with Crippen LogP contribution in [0.3, 0.4) is 0 Å². The molecular weight excluding hydrogens is 318 g/mol. The molecule has 2 aromatic heterocycles. The Morgan fingerprint density at radius 3 is 2.75 bits per heavy atom. The van der Waals surface area contributed by atoms with E-state index in [0.29, 0.717) is 4.88 Å². The van der Waals surface area contributed by atoms with Gasteiger partial charge in [0.05, 0.1) is 5.69 Å². The SMILES string of the molecule is Cc1nc(-c2ccncc2)sc1C(=O)N1c2ccccc2CC1C. The normalized spacial score (nSPS) is 16.2. The number of rotatable bonds is 2. The molecular formula is C19H17N3OS. The molecule has 0 N–H and O–H groups in total. The van der Waals surface area contributed by atoms with Gasteiger partial charge in [-0.25, -0.2) is 4.98 Å². The van der Waals surface area contributed by atoms with Crippen molar-refractivity contribution in [3.8, 4) is 10.6 Å². The molecule has 0 saturated carbocycles. The van der Waals surface area contributed by atoms with Crippen LogP contribution < -0.4 is 4.90 Å². The summed E-state index contributed by atoms with van der Waals surface area (Å²) in [5, 5.41) is 0.860. The van der Waals surface area contributed by atoms with Crippen molar-refractivity contribution in [1.82, 2.24) is 9.97 Å². The highest BCUT2D eigenvalue weighted by molar-refractivity contribution is 7.17. The van der Waals surface area contributed by atoms with Gasteiger partial charge in [0.25, 0.3) is 5.91 Å². The molecule has 3 aromatic rings. The number of benzene rings is 1. The molecule has 1 amide bonds. The Bertz CT molecular complexity index is 904. The maximum absolute atomic E-state index is 13.2. The number of para-hydroxylation sites is 1. The van der Waals surface area contributed by atoms with Gasteiger partial charge < -0.3 is 4.90 Å². The van der Waals surface area contributed by atoms with Gasteiger partial charge in [0.2, 0.25) is 0 Å². The molecule has 0 fully saturated rings. The molecule has 4 nitrogen and oxygen atoms in total. The van der Waals surface area contributed by atoms with E-state index in [4.69, 9.17) is 0 Å². The van der Waals surface area contributed by atoms with Crippen molar-refractivity contribution >= 4 is 22.9 Å². The van der Waals surface area contributed by atoms with Crippen molar-refractivity contribution in [2.75, 3.05) is 4.90 Å². The Hall–Kier alpha value is -2.53. The Kier molecular flexibility index (Phi) is 3.65. The van der Waals surface area contributed by atoms with Crippen molar-refractivity contribution < 1.29 is 4.79 Å². The number of pyridine rings is 1. The summed E-state index contributed by atoms with van der Waals surface area (Å²) in [5.74, 6) is 0.0442. The molecule has 0 aliphatic carbocycles. The van der Waals surface area contributed by atoms with E-state index in [-0.39, 0.29) is 11.9 Å². The van der Waals surface area contributed by atoms with E-state index in [1.54, 1.807) is 12.4 Å². The lowest BCUT2D eigenvalue weighted by molar-refractivity contribution is 0.0984. The van der Waals surface area contributed by atoms with Crippen LogP contribution in [-0.2, 0) is 6.42 Å². The van der Waals surface area contributed by atoms with Crippen LogP contribution in [0.1, 0.15) is 27.9 Å². The van der Waals surface area contributed by atoms with E-state index in [1.165, 1.54) is 16.9 Å². The largest absolute Gasteiger partial charge is 0.304 e. The first kappa shape index (κ1) is 15.0. The molecule has 1 aromatic carbocycles. The summed E-state index contributed by atoms with van der Waals surface area (Å²) in [7, 11) is 0. The molecule has 0 spiro atoms. The van der Waals surface area contributed by atoms with Gasteiger partial charge in [0.1, 0.15) is 9.88 Å².